The van der Waals surface area contributed by atoms with Gasteiger partial charge >= 0.3 is 12.1 Å². The molecule has 254 valence electrons. The minimum atomic E-state index is -5.08. The summed E-state index contributed by atoms with van der Waals surface area (Å²) in [5.41, 5.74) is 2.36. The Hall–Kier alpha value is -3.58. The van der Waals surface area contributed by atoms with Gasteiger partial charge in [-0.25, -0.2) is 23.2 Å². The first kappa shape index (κ1) is 34.7. The number of carboxylic acid groups (broad SMARTS) is 1. The van der Waals surface area contributed by atoms with Crippen LogP contribution >= 0.6 is 11.6 Å². The lowest BCUT2D eigenvalue weighted by atomic mass is 9.86. The fraction of sp³-hybridized carbons (Fsp3) is 0.515. The number of rotatable bonds is 6. The summed E-state index contributed by atoms with van der Waals surface area (Å²) in [4.78, 5) is 29.5. The highest BCUT2D eigenvalue weighted by atomic mass is 35.5. The number of aromatic nitrogens is 3. The Labute approximate surface area is 274 Å². The molecule has 2 heterocycles. The Morgan fingerprint density at radius 2 is 1.66 bits per heavy atom. The molecule has 14 heteroatoms. The molecule has 2 aliphatic carbocycles. The summed E-state index contributed by atoms with van der Waals surface area (Å²) in [6.07, 6.45) is 1.37. The standard InChI is InChI=1S/C31H36ClF2N5O.C2HF3O2/c1-18-14-24(7-9-28(18)32)39-30(35-19(2)37-39)20-10-12-38(13-11-20)31(40)27-17-23(36-22-4-3-5-22)16-26(27)25-8-6-21(33)15-29(25)34;3-2(4,5)1(6)7/h6-9,14-15,20,22-23,26-27,36H,3-5,10-13,16-17H2,1-2H3;(H,6,7)/t23?,26-,27+;/m0./s1. The van der Waals surface area contributed by atoms with Crippen molar-refractivity contribution in [2.75, 3.05) is 13.1 Å². The number of carboxylic acids is 1. The van der Waals surface area contributed by atoms with Gasteiger partial charge in [0.25, 0.3) is 0 Å². The fourth-order valence-electron chi connectivity index (χ4n) is 6.74. The molecule has 1 unspecified atom stereocenters. The van der Waals surface area contributed by atoms with Gasteiger partial charge in [-0.1, -0.05) is 24.1 Å². The van der Waals surface area contributed by atoms with E-state index in [1.165, 1.54) is 18.6 Å². The first-order chi connectivity index (χ1) is 22.2. The van der Waals surface area contributed by atoms with Crippen molar-refractivity contribution in [1.29, 1.82) is 0 Å². The number of likely N-dealkylation sites (tertiary alicyclic amines) is 1. The third-order valence-electron chi connectivity index (χ3n) is 9.36. The minimum absolute atomic E-state index is 0.0797. The summed E-state index contributed by atoms with van der Waals surface area (Å²) in [5.74, 6) is -2.63. The molecule has 3 aliphatic rings. The van der Waals surface area contributed by atoms with Gasteiger partial charge in [0.05, 0.1) is 5.69 Å². The number of carbonyl (C=O) groups is 2. The Balaban J connectivity index is 0.000000559. The van der Waals surface area contributed by atoms with Crippen molar-refractivity contribution in [2.45, 2.75) is 88.9 Å². The van der Waals surface area contributed by atoms with Crippen molar-refractivity contribution in [3.63, 3.8) is 0 Å². The van der Waals surface area contributed by atoms with Gasteiger partial charge in [0.1, 0.15) is 23.3 Å². The molecule has 6 rings (SSSR count). The number of aryl methyl sites for hydroxylation is 2. The van der Waals surface area contributed by atoms with Gasteiger partial charge in [-0.3, -0.25) is 4.79 Å². The van der Waals surface area contributed by atoms with E-state index in [0.29, 0.717) is 48.4 Å². The smallest absolute Gasteiger partial charge is 0.475 e. The van der Waals surface area contributed by atoms with E-state index in [2.05, 4.69) is 10.4 Å². The number of aliphatic carboxylic acids is 1. The molecule has 47 heavy (non-hydrogen) atoms. The van der Waals surface area contributed by atoms with E-state index in [0.717, 1.165) is 48.8 Å². The second-order valence-corrected chi connectivity index (χ2v) is 13.0. The lowest BCUT2D eigenvalue weighted by Crippen LogP contribution is -2.43. The topological polar surface area (TPSA) is 100 Å². The number of halogens is 6. The minimum Gasteiger partial charge on any atom is -0.475 e. The summed E-state index contributed by atoms with van der Waals surface area (Å²) < 4.78 is 62.2. The van der Waals surface area contributed by atoms with E-state index in [-0.39, 0.29) is 29.7 Å². The summed E-state index contributed by atoms with van der Waals surface area (Å²) >= 11 is 6.25. The number of amides is 1. The Kier molecular flexibility index (Phi) is 10.5. The molecule has 3 fully saturated rings. The SMILES string of the molecule is Cc1nc(C2CCN(C(=O)[C@@H]3CC(NC4CCC4)C[C@H]3c3ccc(F)cc3F)CC2)n(-c2ccc(Cl)c(C)c2)n1.O=C(O)C(F)(F)F. The largest absolute Gasteiger partial charge is 0.490 e. The molecule has 1 amide bonds. The van der Waals surface area contributed by atoms with Crippen molar-refractivity contribution in [3.8, 4) is 5.69 Å². The van der Waals surface area contributed by atoms with Crippen LogP contribution in [0.25, 0.3) is 5.69 Å². The molecule has 3 atom stereocenters. The quantitative estimate of drug-likeness (QED) is 0.276. The van der Waals surface area contributed by atoms with Crippen molar-refractivity contribution in [1.82, 2.24) is 25.0 Å². The summed E-state index contributed by atoms with van der Waals surface area (Å²) in [6, 6.07) is 10.3. The number of hydrogen-bond acceptors (Lipinski definition) is 5. The van der Waals surface area contributed by atoms with E-state index >= 15 is 0 Å². The molecule has 0 spiro atoms. The van der Waals surface area contributed by atoms with Crippen molar-refractivity contribution in [2.24, 2.45) is 5.92 Å². The van der Waals surface area contributed by atoms with E-state index in [1.54, 1.807) is 0 Å². The number of alkyl halides is 3. The monoisotopic (exact) mass is 681 g/mol. The number of benzene rings is 2. The molecular weight excluding hydrogens is 645 g/mol. The van der Waals surface area contributed by atoms with Crippen LogP contribution in [0.15, 0.2) is 36.4 Å². The molecule has 2 N–H and O–H groups in total. The first-order valence-corrected chi connectivity index (χ1v) is 16.1. The van der Waals surface area contributed by atoms with Crippen LogP contribution in [-0.4, -0.2) is 68.0 Å². The summed E-state index contributed by atoms with van der Waals surface area (Å²) in [6.45, 7) is 5.10. The zero-order valence-corrected chi connectivity index (χ0v) is 26.8. The molecule has 1 aromatic heterocycles. The molecule has 8 nitrogen and oxygen atoms in total. The molecule has 0 radical (unpaired) electrons. The van der Waals surface area contributed by atoms with Crippen LogP contribution in [0.4, 0.5) is 22.0 Å². The maximum Gasteiger partial charge on any atom is 0.490 e. The normalized spacial score (nSPS) is 22.0. The van der Waals surface area contributed by atoms with Crippen LogP contribution in [0.3, 0.4) is 0 Å². The number of nitrogens with zero attached hydrogens (tertiary/aromatic N) is 4. The van der Waals surface area contributed by atoms with Crippen molar-refractivity contribution in [3.05, 3.63) is 75.8 Å². The van der Waals surface area contributed by atoms with Crippen LogP contribution < -0.4 is 5.32 Å². The highest BCUT2D eigenvalue weighted by Gasteiger charge is 2.44. The van der Waals surface area contributed by atoms with E-state index < -0.39 is 23.8 Å². The average Bonchev–Trinajstić information content (AvgIpc) is 3.59. The van der Waals surface area contributed by atoms with Gasteiger partial charge in [0, 0.05) is 48.1 Å². The Morgan fingerprint density at radius 1 is 0.979 bits per heavy atom. The van der Waals surface area contributed by atoms with Gasteiger partial charge in [-0.05, 0) is 93.7 Å². The fourth-order valence-corrected chi connectivity index (χ4v) is 6.86. The van der Waals surface area contributed by atoms with Gasteiger partial charge in [0.15, 0.2) is 0 Å². The molecule has 1 aliphatic heterocycles. The van der Waals surface area contributed by atoms with Crippen LogP contribution in [0, 0.1) is 31.4 Å². The number of hydrogen-bond donors (Lipinski definition) is 2. The van der Waals surface area contributed by atoms with Crippen LogP contribution in [0.5, 0.6) is 0 Å². The summed E-state index contributed by atoms with van der Waals surface area (Å²) in [5, 5.41) is 16.2. The van der Waals surface area contributed by atoms with Crippen molar-refractivity contribution >= 4 is 23.5 Å². The molecule has 2 saturated carbocycles. The van der Waals surface area contributed by atoms with E-state index in [9.17, 15) is 26.7 Å². The van der Waals surface area contributed by atoms with Gasteiger partial charge in [0.2, 0.25) is 5.91 Å². The van der Waals surface area contributed by atoms with Gasteiger partial charge in [-0.2, -0.15) is 18.3 Å². The average molecular weight is 682 g/mol. The summed E-state index contributed by atoms with van der Waals surface area (Å²) in [7, 11) is 0. The van der Waals surface area contributed by atoms with Crippen molar-refractivity contribution < 1.29 is 36.6 Å². The number of piperidine rings is 1. The highest BCUT2D eigenvalue weighted by molar-refractivity contribution is 6.31. The predicted octanol–water partition coefficient (Wildman–Crippen LogP) is 6.86. The molecule has 0 bridgehead atoms. The molecule has 2 aromatic carbocycles. The second kappa shape index (κ2) is 14.3. The van der Waals surface area contributed by atoms with Crippen LogP contribution in [0.1, 0.15) is 79.6 Å². The van der Waals surface area contributed by atoms with Crippen LogP contribution in [-0.2, 0) is 9.59 Å². The third kappa shape index (κ3) is 8.11. The molecule has 1 saturated heterocycles. The maximum atomic E-state index is 14.9. The lowest BCUT2D eigenvalue weighted by Gasteiger charge is -2.34. The van der Waals surface area contributed by atoms with E-state index in [4.69, 9.17) is 26.5 Å². The molecular formula is C33H37ClF5N5O3. The third-order valence-corrected chi connectivity index (χ3v) is 9.78. The highest BCUT2D eigenvalue weighted by Crippen LogP contribution is 2.43. The van der Waals surface area contributed by atoms with E-state index in [1.807, 2.05) is 41.6 Å². The predicted molar refractivity (Wildman–Crippen MR) is 164 cm³/mol. The van der Waals surface area contributed by atoms with Gasteiger partial charge < -0.3 is 15.3 Å². The first-order valence-electron chi connectivity index (χ1n) is 15.7. The maximum absolute atomic E-state index is 14.9. The molecule has 3 aromatic rings. The second-order valence-electron chi connectivity index (χ2n) is 12.6. The Morgan fingerprint density at radius 3 is 2.23 bits per heavy atom. The Bertz CT molecular complexity index is 1600. The van der Waals surface area contributed by atoms with Gasteiger partial charge in [-0.15, -0.1) is 0 Å². The zero-order chi connectivity index (χ0) is 34.0. The zero-order valence-electron chi connectivity index (χ0n) is 26.0. The number of carbonyl (C=O) groups excluding carboxylic acids is 1. The number of nitrogens with one attached hydrogen (secondary N) is 1. The van der Waals surface area contributed by atoms with Crippen LogP contribution in [0.2, 0.25) is 5.02 Å². The lowest BCUT2D eigenvalue weighted by molar-refractivity contribution is -0.192.